The van der Waals surface area contributed by atoms with Gasteiger partial charge in [0.2, 0.25) is 10.9 Å². The van der Waals surface area contributed by atoms with Crippen LogP contribution in [0.3, 0.4) is 0 Å². The van der Waals surface area contributed by atoms with E-state index in [0.29, 0.717) is 33.8 Å². The Labute approximate surface area is 180 Å². The van der Waals surface area contributed by atoms with Gasteiger partial charge in [-0.3, -0.25) is 0 Å². The molecule has 4 aromatic rings. The number of furan rings is 1. The third kappa shape index (κ3) is 3.67. The van der Waals surface area contributed by atoms with Crippen molar-refractivity contribution < 1.29 is 13.9 Å². The number of nitrogens with two attached hydrogens (primary N) is 2. The van der Waals surface area contributed by atoms with Gasteiger partial charge in [0.1, 0.15) is 23.0 Å². The first kappa shape index (κ1) is 20.7. The number of fused-ring (bicyclic) bond motifs is 1. The van der Waals surface area contributed by atoms with E-state index in [1.54, 1.807) is 18.5 Å². The maximum atomic E-state index is 12.2. The van der Waals surface area contributed by atoms with Crippen molar-refractivity contribution >= 4 is 34.6 Å². The van der Waals surface area contributed by atoms with Crippen LogP contribution in [-0.2, 0) is 10.5 Å². The fourth-order valence-corrected chi connectivity index (χ4v) is 3.88. The zero-order valence-electron chi connectivity index (χ0n) is 17.4. The zero-order valence-corrected chi connectivity index (χ0v) is 18.2. The summed E-state index contributed by atoms with van der Waals surface area (Å²) in [5.74, 6) is 7.24. The quantitative estimate of drug-likeness (QED) is 0.253. The highest BCUT2D eigenvalue weighted by molar-refractivity contribution is 7.98. The van der Waals surface area contributed by atoms with Crippen molar-refractivity contribution in [2.45, 2.75) is 38.6 Å². The summed E-state index contributed by atoms with van der Waals surface area (Å²) in [7, 11) is 0. The lowest BCUT2D eigenvalue weighted by Crippen LogP contribution is -2.17. The van der Waals surface area contributed by atoms with Gasteiger partial charge >= 0.3 is 5.97 Å². The van der Waals surface area contributed by atoms with Crippen LogP contribution in [0.25, 0.3) is 17.0 Å². The molecule has 13 heteroatoms. The number of aromatic nitrogens is 7. The summed E-state index contributed by atoms with van der Waals surface area (Å²) >= 11 is 1.28. The summed E-state index contributed by atoms with van der Waals surface area (Å²) in [6.07, 6.45) is 0. The molecule has 0 saturated carbocycles. The Morgan fingerprint density at radius 1 is 1.26 bits per heavy atom. The number of aryl methyl sites for hydroxylation is 3. The zero-order chi connectivity index (χ0) is 22.3. The minimum atomic E-state index is -0.524. The topological polar surface area (TPSA) is 166 Å². The summed E-state index contributed by atoms with van der Waals surface area (Å²) in [6, 6.07) is 1.92. The maximum Gasteiger partial charge on any atom is 0.342 e. The molecule has 162 valence electrons. The Morgan fingerprint density at radius 2 is 2.03 bits per heavy atom. The predicted octanol–water partition coefficient (Wildman–Crippen LogP) is 1.69. The first-order chi connectivity index (χ1) is 14.8. The van der Waals surface area contributed by atoms with Crippen LogP contribution < -0.4 is 11.6 Å². The van der Waals surface area contributed by atoms with Crippen molar-refractivity contribution in [3.8, 4) is 5.95 Å². The van der Waals surface area contributed by atoms with E-state index in [2.05, 4.69) is 25.3 Å². The van der Waals surface area contributed by atoms with Gasteiger partial charge in [-0.05, 0) is 33.8 Å². The second-order valence-corrected chi connectivity index (χ2v) is 7.68. The maximum absolute atomic E-state index is 12.2. The SMILES string of the molecule is CCOC(=O)c1c(C)oc2nc(CSc3nnc(-n4nc(C)cc4C)n3N)nc(N)c12. The number of carbonyl (C=O) groups excluding carboxylic acids is 1. The smallest absolute Gasteiger partial charge is 0.342 e. The van der Waals surface area contributed by atoms with Crippen LogP contribution in [0, 0.1) is 20.8 Å². The van der Waals surface area contributed by atoms with Gasteiger partial charge in [-0.25, -0.2) is 19.1 Å². The van der Waals surface area contributed by atoms with Gasteiger partial charge in [-0.1, -0.05) is 11.8 Å². The van der Waals surface area contributed by atoms with Crippen LogP contribution in [-0.4, -0.2) is 47.2 Å². The molecule has 0 fully saturated rings. The highest BCUT2D eigenvalue weighted by atomic mass is 32.2. The molecule has 0 aliphatic carbocycles. The van der Waals surface area contributed by atoms with E-state index >= 15 is 0 Å². The Kier molecular flexibility index (Phi) is 5.27. The van der Waals surface area contributed by atoms with Crippen LogP contribution in [0.15, 0.2) is 15.6 Å². The number of hydrogen-bond donors (Lipinski definition) is 2. The van der Waals surface area contributed by atoms with Crippen LogP contribution >= 0.6 is 11.8 Å². The van der Waals surface area contributed by atoms with E-state index in [0.717, 1.165) is 11.4 Å². The molecule has 0 unspecified atom stereocenters. The first-order valence-corrected chi connectivity index (χ1v) is 10.4. The lowest BCUT2D eigenvalue weighted by atomic mass is 10.2. The first-order valence-electron chi connectivity index (χ1n) is 9.39. The molecule has 0 aliphatic heterocycles. The number of nitrogens with zero attached hydrogens (tertiary/aromatic N) is 7. The Balaban J connectivity index is 1.59. The number of esters is 1. The number of carbonyl (C=O) groups is 1. The fourth-order valence-electron chi connectivity index (χ4n) is 3.17. The highest BCUT2D eigenvalue weighted by Gasteiger charge is 2.24. The molecule has 0 amide bonds. The van der Waals surface area contributed by atoms with Gasteiger partial charge in [0.15, 0.2) is 0 Å². The van der Waals surface area contributed by atoms with Gasteiger partial charge in [-0.2, -0.15) is 10.1 Å². The van der Waals surface area contributed by atoms with Gasteiger partial charge < -0.3 is 20.7 Å². The number of rotatable bonds is 6. The highest BCUT2D eigenvalue weighted by Crippen LogP contribution is 2.30. The van der Waals surface area contributed by atoms with Crippen LogP contribution in [0.1, 0.15) is 40.3 Å². The van der Waals surface area contributed by atoms with Crippen molar-refractivity contribution in [1.29, 1.82) is 0 Å². The van der Waals surface area contributed by atoms with Crippen LogP contribution in [0.5, 0.6) is 0 Å². The van der Waals surface area contributed by atoms with Crippen molar-refractivity contribution in [2.75, 3.05) is 18.2 Å². The van der Waals surface area contributed by atoms with Crippen molar-refractivity contribution in [2.24, 2.45) is 0 Å². The lowest BCUT2D eigenvalue weighted by molar-refractivity contribution is 0.0526. The molecular weight excluding hydrogens is 422 g/mol. The number of thioether (sulfide) groups is 1. The van der Waals surface area contributed by atoms with Crippen LogP contribution in [0.4, 0.5) is 5.82 Å². The second kappa shape index (κ2) is 7.91. The summed E-state index contributed by atoms with van der Waals surface area (Å²) < 4.78 is 13.7. The van der Waals surface area contributed by atoms with E-state index in [9.17, 15) is 4.79 Å². The standard InChI is InChI=1S/C18H21N9O3S/c1-5-29-16(28)12-10(4)30-15-13(12)14(19)21-11(22-15)7-31-18-24-23-17(26(18)20)27-9(3)6-8(2)25-27/h6H,5,7,20H2,1-4H3,(H2,19,21,22). The van der Waals surface area contributed by atoms with E-state index in [-0.39, 0.29) is 23.7 Å². The van der Waals surface area contributed by atoms with E-state index < -0.39 is 5.97 Å². The van der Waals surface area contributed by atoms with E-state index in [4.69, 9.17) is 20.7 Å². The average Bonchev–Trinajstić information content (AvgIpc) is 3.34. The van der Waals surface area contributed by atoms with E-state index in [1.807, 2.05) is 19.9 Å². The van der Waals surface area contributed by atoms with Crippen LogP contribution in [0.2, 0.25) is 0 Å². The lowest BCUT2D eigenvalue weighted by Gasteiger charge is -2.05. The number of hydrogen-bond acceptors (Lipinski definition) is 11. The summed E-state index contributed by atoms with van der Waals surface area (Å²) in [6.45, 7) is 7.40. The largest absolute Gasteiger partial charge is 0.462 e. The van der Waals surface area contributed by atoms with Crippen molar-refractivity contribution in [3.05, 3.63) is 34.6 Å². The molecule has 0 spiro atoms. The fraction of sp³-hybridized carbons (Fsp3) is 0.333. The third-order valence-electron chi connectivity index (χ3n) is 4.46. The Morgan fingerprint density at radius 3 is 2.71 bits per heavy atom. The Bertz CT molecular complexity index is 1290. The summed E-state index contributed by atoms with van der Waals surface area (Å²) in [5.41, 5.74) is 8.31. The molecule has 0 radical (unpaired) electrons. The summed E-state index contributed by atoms with van der Waals surface area (Å²) in [5, 5.41) is 13.4. The van der Waals surface area contributed by atoms with Crippen molar-refractivity contribution in [1.82, 2.24) is 34.6 Å². The van der Waals surface area contributed by atoms with Gasteiger partial charge in [0.05, 0.1) is 23.4 Å². The van der Waals surface area contributed by atoms with Gasteiger partial charge in [-0.15, -0.1) is 10.2 Å². The predicted molar refractivity (Wildman–Crippen MR) is 113 cm³/mol. The molecule has 4 aromatic heterocycles. The average molecular weight is 443 g/mol. The van der Waals surface area contributed by atoms with Crippen molar-refractivity contribution in [3.63, 3.8) is 0 Å². The normalized spacial score (nSPS) is 11.4. The minimum Gasteiger partial charge on any atom is -0.462 e. The number of nitrogen functional groups attached to an aromatic ring is 2. The minimum absolute atomic E-state index is 0.137. The molecule has 0 atom stereocenters. The Hall–Kier alpha value is -3.61. The van der Waals surface area contributed by atoms with Gasteiger partial charge in [0.25, 0.3) is 5.95 Å². The third-order valence-corrected chi connectivity index (χ3v) is 5.40. The second-order valence-electron chi connectivity index (χ2n) is 6.74. The number of ether oxygens (including phenoxy) is 1. The molecule has 4 N–H and O–H groups in total. The molecule has 4 rings (SSSR count). The molecule has 0 saturated heterocycles. The monoisotopic (exact) mass is 443 g/mol. The van der Waals surface area contributed by atoms with Gasteiger partial charge in [0, 0.05) is 5.69 Å². The molecule has 0 bridgehead atoms. The molecule has 12 nitrogen and oxygen atoms in total. The molecular formula is C18H21N9O3S. The van der Waals surface area contributed by atoms with E-state index in [1.165, 1.54) is 16.4 Å². The molecule has 4 heterocycles. The molecule has 31 heavy (non-hydrogen) atoms. The summed E-state index contributed by atoms with van der Waals surface area (Å²) in [4.78, 5) is 20.9. The molecule has 0 aromatic carbocycles. The molecule has 0 aliphatic rings. The number of anilines is 1.